The van der Waals surface area contributed by atoms with E-state index in [1.54, 1.807) is 6.08 Å². The number of allylic oxidation sites excluding steroid dienone is 5. The maximum Gasteiger partial charge on any atom is 0.305 e. The minimum atomic E-state index is -0.844. The van der Waals surface area contributed by atoms with Crippen LogP contribution in [-0.2, 0) is 14.3 Å². The second-order valence-electron chi connectivity index (χ2n) is 21.0. The Labute approximate surface area is 430 Å². The molecule has 6 heteroatoms. The molecule has 0 aromatic rings. The van der Waals surface area contributed by atoms with E-state index < -0.39 is 12.1 Å². The lowest BCUT2D eigenvalue weighted by molar-refractivity contribution is -0.143. The summed E-state index contributed by atoms with van der Waals surface area (Å²) in [7, 11) is 0. The fourth-order valence-corrected chi connectivity index (χ4v) is 9.39. The standard InChI is InChI=1S/C63H119NO5/c1-3-5-7-9-11-13-15-32-35-39-43-47-51-55-61(66)60(59-65)64-62(67)56-52-48-44-40-36-33-30-28-26-24-22-20-18-17-19-21-23-25-27-29-31-34-38-42-46-50-54-58-69-63(68)57-53-49-45-41-37-16-14-12-10-8-6-4-2/h12,14,17-18,51,55,60-61,65-66H,3-11,13,15-16,19-50,52-54,56-59H2,1-2H3,(H,64,67)/b14-12-,18-17-,55-51+. The average Bonchev–Trinajstić information content (AvgIpc) is 3.35. The number of amides is 1. The van der Waals surface area contributed by atoms with E-state index in [4.69, 9.17) is 4.74 Å². The third-order valence-electron chi connectivity index (χ3n) is 14.1. The molecule has 0 fully saturated rings. The smallest absolute Gasteiger partial charge is 0.305 e. The number of carbonyl (C=O) groups is 2. The zero-order valence-corrected chi connectivity index (χ0v) is 46.3. The normalized spacial score (nSPS) is 12.8. The largest absolute Gasteiger partial charge is 0.466 e. The number of carbonyl (C=O) groups excluding carboxylic acids is 2. The third kappa shape index (κ3) is 55.2. The summed E-state index contributed by atoms with van der Waals surface area (Å²) in [5, 5.41) is 23.1. The van der Waals surface area contributed by atoms with Crippen molar-refractivity contribution >= 4 is 11.9 Å². The molecule has 0 saturated carbocycles. The first-order chi connectivity index (χ1) is 34.0. The van der Waals surface area contributed by atoms with E-state index in [2.05, 4.69) is 43.5 Å². The molecule has 0 spiro atoms. The van der Waals surface area contributed by atoms with Gasteiger partial charge in [-0.25, -0.2) is 0 Å². The number of rotatable bonds is 57. The summed E-state index contributed by atoms with van der Waals surface area (Å²) >= 11 is 0. The minimum Gasteiger partial charge on any atom is -0.466 e. The lowest BCUT2D eigenvalue weighted by Crippen LogP contribution is -2.45. The van der Waals surface area contributed by atoms with Crippen molar-refractivity contribution in [2.75, 3.05) is 13.2 Å². The van der Waals surface area contributed by atoms with Crippen molar-refractivity contribution in [1.82, 2.24) is 5.32 Å². The van der Waals surface area contributed by atoms with Crippen LogP contribution in [0.25, 0.3) is 0 Å². The number of hydrogen-bond acceptors (Lipinski definition) is 5. The van der Waals surface area contributed by atoms with Gasteiger partial charge in [0.2, 0.25) is 5.91 Å². The van der Waals surface area contributed by atoms with Crippen LogP contribution in [0.2, 0.25) is 0 Å². The molecule has 0 aliphatic carbocycles. The summed E-state index contributed by atoms with van der Waals surface area (Å²) in [6.45, 7) is 4.88. The molecule has 2 unspecified atom stereocenters. The van der Waals surface area contributed by atoms with Gasteiger partial charge in [0.1, 0.15) is 0 Å². The molecule has 0 rings (SSSR count). The van der Waals surface area contributed by atoms with Gasteiger partial charge in [-0.2, -0.15) is 0 Å². The number of nitrogens with one attached hydrogen (secondary N) is 1. The van der Waals surface area contributed by atoms with Crippen molar-refractivity contribution in [3.05, 3.63) is 36.5 Å². The fourth-order valence-electron chi connectivity index (χ4n) is 9.39. The van der Waals surface area contributed by atoms with Crippen molar-refractivity contribution in [2.45, 2.75) is 341 Å². The summed E-state index contributed by atoms with van der Waals surface area (Å²) < 4.78 is 5.47. The maximum atomic E-state index is 12.4. The fraction of sp³-hybridized carbons (Fsp3) is 0.873. The van der Waals surface area contributed by atoms with Crippen molar-refractivity contribution in [1.29, 1.82) is 0 Å². The van der Waals surface area contributed by atoms with Crippen molar-refractivity contribution < 1.29 is 24.5 Å². The quantitative estimate of drug-likeness (QED) is 0.0321. The molecule has 1 amide bonds. The van der Waals surface area contributed by atoms with Crippen molar-refractivity contribution in [3.63, 3.8) is 0 Å². The number of aliphatic hydroxyl groups excluding tert-OH is 2. The first-order valence-corrected chi connectivity index (χ1v) is 30.8. The molecular weight excluding hydrogens is 851 g/mol. The monoisotopic (exact) mass is 970 g/mol. The van der Waals surface area contributed by atoms with Crippen molar-refractivity contribution in [3.8, 4) is 0 Å². The Morgan fingerprint density at radius 3 is 1.06 bits per heavy atom. The van der Waals surface area contributed by atoms with E-state index in [1.807, 2.05) is 6.08 Å². The summed E-state index contributed by atoms with van der Waals surface area (Å²) in [6, 6.07) is -0.628. The minimum absolute atomic E-state index is 0.00439. The number of ether oxygens (including phenoxy) is 1. The Morgan fingerprint density at radius 1 is 0.391 bits per heavy atom. The zero-order chi connectivity index (χ0) is 50.0. The average molecular weight is 971 g/mol. The molecule has 0 bridgehead atoms. The summed E-state index contributed by atoms with van der Waals surface area (Å²) in [6.07, 6.45) is 73.3. The SMILES string of the molecule is CCCCC/C=C\CCCCCCCC(=O)OCCCCCCCCCCCCCC/C=C\CCCCCCCCCCCCCC(=O)NC(CO)C(O)/C=C/CCCCCCCCCCCCC. The van der Waals surface area contributed by atoms with Crippen LogP contribution < -0.4 is 5.32 Å². The molecule has 0 heterocycles. The van der Waals surface area contributed by atoms with Gasteiger partial charge in [-0.1, -0.05) is 269 Å². The Balaban J connectivity index is 3.40. The summed E-state index contributed by atoms with van der Waals surface area (Å²) in [5.74, 6) is -0.0642. The van der Waals surface area contributed by atoms with Crippen molar-refractivity contribution in [2.24, 2.45) is 0 Å². The molecule has 6 nitrogen and oxygen atoms in total. The van der Waals surface area contributed by atoms with Gasteiger partial charge in [0.05, 0.1) is 25.4 Å². The Hall–Kier alpha value is -1.92. The van der Waals surface area contributed by atoms with E-state index in [-0.39, 0.29) is 18.5 Å². The molecule has 0 aliphatic rings. The number of hydrogen-bond donors (Lipinski definition) is 3. The topological polar surface area (TPSA) is 95.9 Å². The van der Waals surface area contributed by atoms with Gasteiger partial charge in [-0.05, 0) is 83.5 Å². The highest BCUT2D eigenvalue weighted by molar-refractivity contribution is 5.76. The Kier molecular flexibility index (Phi) is 57.0. The molecule has 0 aromatic heterocycles. The number of aliphatic hydroxyl groups is 2. The lowest BCUT2D eigenvalue weighted by Gasteiger charge is -2.20. The molecule has 0 saturated heterocycles. The molecule has 0 aromatic carbocycles. The van der Waals surface area contributed by atoms with Gasteiger partial charge in [0.25, 0.3) is 0 Å². The molecule has 69 heavy (non-hydrogen) atoms. The van der Waals surface area contributed by atoms with Crippen LogP contribution in [0.4, 0.5) is 0 Å². The number of unbranched alkanes of at least 4 members (excludes halogenated alkanes) is 42. The predicted molar refractivity (Wildman–Crippen MR) is 301 cm³/mol. The Bertz CT molecular complexity index is 1120. The van der Waals surface area contributed by atoms with Gasteiger partial charge in [-0.3, -0.25) is 9.59 Å². The van der Waals surface area contributed by atoms with Crippen LogP contribution in [-0.4, -0.2) is 47.4 Å². The van der Waals surface area contributed by atoms with Gasteiger partial charge in [0, 0.05) is 12.8 Å². The lowest BCUT2D eigenvalue weighted by atomic mass is 10.0. The van der Waals surface area contributed by atoms with E-state index in [9.17, 15) is 19.8 Å². The molecular formula is C63H119NO5. The molecule has 3 N–H and O–H groups in total. The van der Waals surface area contributed by atoms with Gasteiger partial charge >= 0.3 is 5.97 Å². The van der Waals surface area contributed by atoms with Crippen LogP contribution in [0.5, 0.6) is 0 Å². The van der Waals surface area contributed by atoms with Crippen LogP contribution in [0, 0.1) is 0 Å². The highest BCUT2D eigenvalue weighted by atomic mass is 16.5. The van der Waals surface area contributed by atoms with E-state index in [0.717, 1.165) is 44.9 Å². The Morgan fingerprint density at radius 2 is 0.681 bits per heavy atom. The van der Waals surface area contributed by atoms with Gasteiger partial charge < -0.3 is 20.3 Å². The first-order valence-electron chi connectivity index (χ1n) is 30.8. The van der Waals surface area contributed by atoms with Crippen LogP contribution in [0.1, 0.15) is 328 Å². The second-order valence-corrected chi connectivity index (χ2v) is 21.0. The van der Waals surface area contributed by atoms with Gasteiger partial charge in [-0.15, -0.1) is 0 Å². The zero-order valence-electron chi connectivity index (χ0n) is 46.3. The first kappa shape index (κ1) is 67.1. The van der Waals surface area contributed by atoms with E-state index >= 15 is 0 Å². The molecule has 0 radical (unpaired) electrons. The van der Waals surface area contributed by atoms with E-state index in [0.29, 0.717) is 19.4 Å². The highest BCUT2D eigenvalue weighted by Crippen LogP contribution is 2.17. The summed E-state index contributed by atoms with van der Waals surface area (Å²) in [5.41, 5.74) is 0. The maximum absolute atomic E-state index is 12.4. The number of esters is 1. The molecule has 0 aliphatic heterocycles. The van der Waals surface area contributed by atoms with E-state index in [1.165, 1.54) is 257 Å². The predicted octanol–water partition coefficient (Wildman–Crippen LogP) is 19.2. The second kappa shape index (κ2) is 58.6. The van der Waals surface area contributed by atoms with Crippen LogP contribution in [0.15, 0.2) is 36.5 Å². The highest BCUT2D eigenvalue weighted by Gasteiger charge is 2.18. The molecule has 406 valence electrons. The summed E-state index contributed by atoms with van der Waals surface area (Å²) in [4.78, 5) is 24.4. The molecule has 2 atom stereocenters. The third-order valence-corrected chi connectivity index (χ3v) is 14.1. The van der Waals surface area contributed by atoms with Gasteiger partial charge in [0.15, 0.2) is 0 Å². The van der Waals surface area contributed by atoms with Crippen LogP contribution >= 0.6 is 0 Å². The van der Waals surface area contributed by atoms with Crippen LogP contribution in [0.3, 0.4) is 0 Å².